The van der Waals surface area contributed by atoms with Crippen LogP contribution in [0, 0.1) is 6.92 Å². The average molecular weight is 631 g/mol. The van der Waals surface area contributed by atoms with Crippen molar-refractivity contribution in [3.05, 3.63) is 121 Å². The molecule has 0 saturated carbocycles. The zero-order valence-corrected chi connectivity index (χ0v) is 26.0. The third-order valence-corrected chi connectivity index (χ3v) is 7.65. The minimum atomic E-state index is -1.03. The molecule has 0 aliphatic carbocycles. The maximum absolute atomic E-state index is 13.7. The number of methoxy groups -OCH3 is 1. The second-order valence-electron chi connectivity index (χ2n) is 10.5. The Kier molecular flexibility index (Phi) is 9.04. The van der Waals surface area contributed by atoms with E-state index in [1.165, 1.54) is 23.0 Å². The highest BCUT2D eigenvalue weighted by Crippen LogP contribution is 2.36. The molecule has 4 aromatic carbocycles. The number of nitrogens with zero attached hydrogens (tertiary/aromatic N) is 3. The van der Waals surface area contributed by atoms with E-state index in [4.69, 9.17) is 37.7 Å². The molecule has 8 nitrogen and oxygen atoms in total. The fourth-order valence-corrected chi connectivity index (χ4v) is 5.45. The van der Waals surface area contributed by atoms with Gasteiger partial charge in [0.25, 0.3) is 5.56 Å². The fraction of sp³-hybridized carbons (Fsp3) is 0.176. The topological polar surface area (TPSA) is 103 Å². The summed E-state index contributed by atoms with van der Waals surface area (Å²) in [5, 5.41) is 14.7. The summed E-state index contributed by atoms with van der Waals surface area (Å²) < 4.78 is 12.7. The number of para-hydroxylation sites is 1. The van der Waals surface area contributed by atoms with E-state index >= 15 is 0 Å². The third kappa shape index (κ3) is 6.32. The Bertz CT molecular complexity index is 1960. The first-order valence-electron chi connectivity index (χ1n) is 13.8. The summed E-state index contributed by atoms with van der Waals surface area (Å²) in [6.07, 6.45) is 1.49. The van der Waals surface area contributed by atoms with Crippen LogP contribution < -0.4 is 15.0 Å². The van der Waals surface area contributed by atoms with Gasteiger partial charge in [-0.2, -0.15) is 9.78 Å². The molecule has 5 rings (SSSR count). The molecule has 1 heterocycles. The Balaban J connectivity index is 1.54. The number of ether oxygens (including phenoxy) is 2. The fourth-order valence-electron chi connectivity index (χ4n) is 4.84. The smallest absolute Gasteiger partial charge is 0.335 e. The van der Waals surface area contributed by atoms with Crippen LogP contribution in [0.5, 0.6) is 11.5 Å². The maximum atomic E-state index is 13.7. The minimum Gasteiger partial charge on any atom is -0.496 e. The molecule has 0 fully saturated rings. The Morgan fingerprint density at radius 1 is 1.05 bits per heavy atom. The van der Waals surface area contributed by atoms with Crippen molar-refractivity contribution in [2.45, 2.75) is 33.3 Å². The number of aryl methyl sites for hydroxylation is 1. The molecule has 0 spiro atoms. The SMILES string of the molecule is COc1cc(C)c(-c2nc3ccccc3c(=O)n2N=Cc2cc(Cl)c(OCc3cccc(C(=O)O)c3)c(Cl)c2)cc1C(C)C. The van der Waals surface area contributed by atoms with Crippen molar-refractivity contribution in [1.82, 2.24) is 9.66 Å². The van der Waals surface area contributed by atoms with Gasteiger partial charge in [-0.25, -0.2) is 9.78 Å². The first-order chi connectivity index (χ1) is 21.1. The number of benzene rings is 4. The molecule has 0 atom stereocenters. The molecule has 0 bridgehead atoms. The van der Waals surface area contributed by atoms with Crippen molar-refractivity contribution in [2.24, 2.45) is 5.10 Å². The molecule has 224 valence electrons. The van der Waals surface area contributed by atoms with Crippen LogP contribution in [0.25, 0.3) is 22.3 Å². The summed E-state index contributed by atoms with van der Waals surface area (Å²) in [6.45, 7) is 6.15. The average Bonchev–Trinajstić information content (AvgIpc) is 3.00. The number of aromatic nitrogens is 2. The molecular weight excluding hydrogens is 601 g/mol. The number of fused-ring (bicyclic) bond motifs is 1. The van der Waals surface area contributed by atoms with Crippen molar-refractivity contribution in [3.63, 3.8) is 0 Å². The molecule has 0 amide bonds. The lowest BCUT2D eigenvalue weighted by molar-refractivity contribution is 0.0696. The van der Waals surface area contributed by atoms with E-state index in [9.17, 15) is 14.7 Å². The van der Waals surface area contributed by atoms with Gasteiger partial charge < -0.3 is 14.6 Å². The zero-order chi connectivity index (χ0) is 31.5. The largest absolute Gasteiger partial charge is 0.496 e. The van der Waals surface area contributed by atoms with E-state index in [0.29, 0.717) is 27.9 Å². The Morgan fingerprint density at radius 3 is 2.45 bits per heavy atom. The quantitative estimate of drug-likeness (QED) is 0.166. The first-order valence-corrected chi connectivity index (χ1v) is 14.5. The normalized spacial score (nSPS) is 11.4. The predicted molar refractivity (Wildman–Crippen MR) is 174 cm³/mol. The van der Waals surface area contributed by atoms with Crippen LogP contribution >= 0.6 is 23.2 Å². The Hall–Kier alpha value is -4.66. The van der Waals surface area contributed by atoms with Crippen LogP contribution in [0.2, 0.25) is 10.0 Å². The van der Waals surface area contributed by atoms with Gasteiger partial charge in [-0.05, 0) is 83.6 Å². The predicted octanol–water partition coefficient (Wildman–Crippen LogP) is 7.97. The molecule has 10 heteroatoms. The van der Waals surface area contributed by atoms with Gasteiger partial charge in [0.05, 0.1) is 39.8 Å². The number of carboxylic acids is 1. The van der Waals surface area contributed by atoms with Crippen LogP contribution in [0.15, 0.2) is 82.7 Å². The van der Waals surface area contributed by atoms with E-state index in [1.54, 1.807) is 49.6 Å². The molecule has 0 unspecified atom stereocenters. The molecule has 1 N–H and O–H groups in total. The number of carboxylic acid groups (broad SMARTS) is 1. The van der Waals surface area contributed by atoms with Crippen molar-refractivity contribution in [3.8, 4) is 22.9 Å². The highest BCUT2D eigenvalue weighted by Gasteiger charge is 2.19. The van der Waals surface area contributed by atoms with Gasteiger partial charge in [0, 0.05) is 5.56 Å². The number of aromatic carboxylic acids is 1. The summed E-state index contributed by atoms with van der Waals surface area (Å²) in [6, 6.07) is 20.7. The van der Waals surface area contributed by atoms with Gasteiger partial charge in [-0.3, -0.25) is 4.79 Å². The summed E-state index contributed by atoms with van der Waals surface area (Å²) in [4.78, 5) is 29.9. The second kappa shape index (κ2) is 12.9. The minimum absolute atomic E-state index is 0.0646. The maximum Gasteiger partial charge on any atom is 0.335 e. The van der Waals surface area contributed by atoms with Gasteiger partial charge in [-0.15, -0.1) is 0 Å². The van der Waals surface area contributed by atoms with Crippen LogP contribution in [0.1, 0.15) is 52.4 Å². The monoisotopic (exact) mass is 629 g/mol. The van der Waals surface area contributed by atoms with Crippen molar-refractivity contribution < 1.29 is 19.4 Å². The molecule has 5 aromatic rings. The summed E-state index contributed by atoms with van der Waals surface area (Å²) >= 11 is 13.1. The Morgan fingerprint density at radius 2 is 1.77 bits per heavy atom. The van der Waals surface area contributed by atoms with Crippen molar-refractivity contribution in [2.75, 3.05) is 7.11 Å². The highest BCUT2D eigenvalue weighted by molar-refractivity contribution is 6.37. The summed E-state index contributed by atoms with van der Waals surface area (Å²) in [5.41, 5.74) is 4.16. The van der Waals surface area contributed by atoms with Gasteiger partial charge in [0.2, 0.25) is 0 Å². The number of carbonyl (C=O) groups is 1. The second-order valence-corrected chi connectivity index (χ2v) is 11.3. The first kappa shape index (κ1) is 30.8. The summed E-state index contributed by atoms with van der Waals surface area (Å²) in [5.74, 6) is 0.525. The lowest BCUT2D eigenvalue weighted by atomic mass is 9.96. The number of hydrogen-bond donors (Lipinski definition) is 1. The number of hydrogen-bond acceptors (Lipinski definition) is 6. The summed E-state index contributed by atoms with van der Waals surface area (Å²) in [7, 11) is 1.64. The zero-order valence-electron chi connectivity index (χ0n) is 24.5. The Labute approximate surface area is 264 Å². The van der Waals surface area contributed by atoms with Crippen molar-refractivity contribution in [1.29, 1.82) is 0 Å². The van der Waals surface area contributed by atoms with E-state index < -0.39 is 5.97 Å². The molecular formula is C34H29Cl2N3O5. The third-order valence-electron chi connectivity index (χ3n) is 7.09. The van der Waals surface area contributed by atoms with Crippen LogP contribution in [0.4, 0.5) is 0 Å². The number of rotatable bonds is 9. The van der Waals surface area contributed by atoms with E-state index in [-0.39, 0.29) is 39.4 Å². The molecule has 1 aromatic heterocycles. The van der Waals surface area contributed by atoms with E-state index in [2.05, 4.69) is 18.9 Å². The van der Waals surface area contributed by atoms with Gasteiger partial charge in [0.1, 0.15) is 12.4 Å². The van der Waals surface area contributed by atoms with Crippen molar-refractivity contribution >= 4 is 46.3 Å². The molecule has 44 heavy (non-hydrogen) atoms. The van der Waals surface area contributed by atoms with Gasteiger partial charge in [0.15, 0.2) is 11.6 Å². The molecule has 0 radical (unpaired) electrons. The molecule has 0 aliphatic rings. The molecule has 0 saturated heterocycles. The van der Waals surface area contributed by atoms with Crippen LogP contribution in [-0.4, -0.2) is 34.1 Å². The van der Waals surface area contributed by atoms with Crippen LogP contribution in [0.3, 0.4) is 0 Å². The van der Waals surface area contributed by atoms with Gasteiger partial charge in [-0.1, -0.05) is 61.3 Å². The van der Waals surface area contributed by atoms with E-state index in [0.717, 1.165) is 22.4 Å². The lowest BCUT2D eigenvalue weighted by Crippen LogP contribution is -2.20. The van der Waals surface area contributed by atoms with Gasteiger partial charge >= 0.3 is 5.97 Å². The van der Waals surface area contributed by atoms with Crippen LogP contribution in [-0.2, 0) is 6.61 Å². The molecule has 0 aliphatic heterocycles. The number of halogens is 2. The standard InChI is InChI=1S/C34H29Cl2N3O5/c1-19(2)25-16-26(20(3)12-30(25)43-4)32-38-29-11-6-5-10-24(29)33(40)39(32)37-17-22-14-27(35)31(28(36)15-22)44-18-21-8-7-9-23(13-21)34(41)42/h5-17,19H,18H2,1-4H3,(H,41,42). The highest BCUT2D eigenvalue weighted by atomic mass is 35.5. The lowest BCUT2D eigenvalue weighted by Gasteiger charge is -2.17. The van der Waals surface area contributed by atoms with E-state index in [1.807, 2.05) is 25.1 Å².